The average molecular weight is 329 g/mol. The van der Waals surface area contributed by atoms with E-state index in [9.17, 15) is 14.7 Å². The van der Waals surface area contributed by atoms with E-state index >= 15 is 0 Å². The van der Waals surface area contributed by atoms with Gasteiger partial charge in [0.1, 0.15) is 5.56 Å². The van der Waals surface area contributed by atoms with E-state index in [4.69, 9.17) is 0 Å². The smallest absolute Gasteiger partial charge is 0.330 e. The first-order chi connectivity index (χ1) is 11.6. The lowest BCUT2D eigenvalue weighted by atomic mass is 9.98. The molecule has 1 saturated heterocycles. The van der Waals surface area contributed by atoms with Crippen molar-refractivity contribution >= 4 is 6.21 Å². The molecule has 3 heterocycles. The summed E-state index contributed by atoms with van der Waals surface area (Å²) >= 11 is 0. The van der Waals surface area contributed by atoms with E-state index in [0.29, 0.717) is 0 Å². The molecule has 0 saturated carbocycles. The highest BCUT2D eigenvalue weighted by Gasteiger charge is 2.23. The van der Waals surface area contributed by atoms with Crippen LogP contribution in [-0.2, 0) is 7.05 Å². The maximum absolute atomic E-state index is 11.9. The Morgan fingerprint density at radius 1 is 1.42 bits per heavy atom. The van der Waals surface area contributed by atoms with Crippen LogP contribution in [0, 0.1) is 0 Å². The second-order valence-electron chi connectivity index (χ2n) is 5.76. The standard InChI is InChI=1S/C16H19N5O3/c1-20-15(23)12(14(22)19-16(20)24)10-18-21-8-3-2-6-13(21)11-5-4-7-17-9-11/h4-5,7,9-10,13,23H,2-3,6,8H2,1H3,(H,19,22,24)/b18-10+/t13-/m0/s1. The van der Waals surface area contributed by atoms with E-state index < -0.39 is 17.1 Å². The first-order valence-electron chi connectivity index (χ1n) is 7.80. The van der Waals surface area contributed by atoms with Crippen LogP contribution in [0.15, 0.2) is 39.2 Å². The highest BCUT2D eigenvalue weighted by atomic mass is 16.3. The van der Waals surface area contributed by atoms with Gasteiger partial charge in [-0.2, -0.15) is 5.10 Å². The summed E-state index contributed by atoms with van der Waals surface area (Å²) in [7, 11) is 1.38. The van der Waals surface area contributed by atoms with E-state index in [1.807, 2.05) is 23.3 Å². The highest BCUT2D eigenvalue weighted by Crippen LogP contribution is 2.30. The lowest BCUT2D eigenvalue weighted by molar-refractivity contribution is 0.156. The van der Waals surface area contributed by atoms with E-state index in [1.54, 1.807) is 6.20 Å². The van der Waals surface area contributed by atoms with Gasteiger partial charge in [-0.25, -0.2) is 4.79 Å². The number of nitrogens with zero attached hydrogens (tertiary/aromatic N) is 4. The van der Waals surface area contributed by atoms with E-state index in [0.717, 1.165) is 35.9 Å². The van der Waals surface area contributed by atoms with Crippen LogP contribution < -0.4 is 11.2 Å². The van der Waals surface area contributed by atoms with Crippen LogP contribution in [0.1, 0.15) is 36.4 Å². The van der Waals surface area contributed by atoms with Crippen LogP contribution in [0.25, 0.3) is 0 Å². The molecule has 1 aliphatic rings. The van der Waals surface area contributed by atoms with Gasteiger partial charge in [0.05, 0.1) is 12.3 Å². The van der Waals surface area contributed by atoms with Gasteiger partial charge in [-0.05, 0) is 30.9 Å². The third kappa shape index (κ3) is 3.08. The zero-order valence-electron chi connectivity index (χ0n) is 13.3. The minimum Gasteiger partial charge on any atom is -0.494 e. The van der Waals surface area contributed by atoms with Crippen LogP contribution in [-0.4, -0.2) is 37.4 Å². The van der Waals surface area contributed by atoms with Gasteiger partial charge in [-0.1, -0.05) is 6.07 Å². The predicted molar refractivity (Wildman–Crippen MR) is 89.1 cm³/mol. The van der Waals surface area contributed by atoms with E-state index in [1.165, 1.54) is 13.3 Å². The normalized spacial score (nSPS) is 18.2. The predicted octanol–water partition coefficient (Wildman–Crippen LogP) is 0.735. The zero-order chi connectivity index (χ0) is 17.1. The SMILES string of the molecule is Cn1c(O)c(/C=N/N2CCCC[C@H]2c2cccnc2)c(=O)[nH]c1=O. The number of H-pyrrole nitrogens is 1. The van der Waals surface area contributed by atoms with Crippen molar-refractivity contribution < 1.29 is 5.11 Å². The van der Waals surface area contributed by atoms with Crippen LogP contribution in [0.3, 0.4) is 0 Å². The molecular weight excluding hydrogens is 310 g/mol. The molecule has 0 spiro atoms. The Hall–Kier alpha value is -2.90. The molecule has 8 heteroatoms. The van der Waals surface area contributed by atoms with Gasteiger partial charge in [0.2, 0.25) is 5.88 Å². The third-order valence-corrected chi connectivity index (χ3v) is 4.21. The topological polar surface area (TPSA) is 104 Å². The van der Waals surface area contributed by atoms with Crippen molar-refractivity contribution in [3.05, 3.63) is 56.5 Å². The van der Waals surface area contributed by atoms with Crippen LogP contribution in [0.5, 0.6) is 5.88 Å². The molecule has 0 aromatic carbocycles. The lowest BCUT2D eigenvalue weighted by Crippen LogP contribution is -2.32. The summed E-state index contributed by atoms with van der Waals surface area (Å²) in [6.45, 7) is 0.750. The fourth-order valence-electron chi connectivity index (χ4n) is 2.84. The van der Waals surface area contributed by atoms with Crippen molar-refractivity contribution in [2.75, 3.05) is 6.54 Å². The summed E-state index contributed by atoms with van der Waals surface area (Å²) in [4.78, 5) is 29.6. The van der Waals surface area contributed by atoms with Gasteiger partial charge >= 0.3 is 5.69 Å². The van der Waals surface area contributed by atoms with Crippen molar-refractivity contribution in [3.8, 4) is 5.88 Å². The zero-order valence-corrected chi connectivity index (χ0v) is 13.3. The van der Waals surface area contributed by atoms with Gasteiger partial charge in [0.15, 0.2) is 0 Å². The van der Waals surface area contributed by atoms with Crippen LogP contribution in [0.2, 0.25) is 0 Å². The molecule has 1 fully saturated rings. The van der Waals surface area contributed by atoms with Gasteiger partial charge < -0.3 is 5.11 Å². The number of rotatable bonds is 3. The minimum atomic E-state index is -0.666. The largest absolute Gasteiger partial charge is 0.494 e. The molecule has 3 rings (SSSR count). The number of hydrogen-bond donors (Lipinski definition) is 2. The van der Waals surface area contributed by atoms with E-state index in [2.05, 4.69) is 15.1 Å². The molecule has 126 valence electrons. The fraction of sp³-hybridized carbons (Fsp3) is 0.375. The molecule has 0 amide bonds. The molecule has 1 aliphatic heterocycles. The Morgan fingerprint density at radius 2 is 2.25 bits per heavy atom. The Morgan fingerprint density at radius 3 is 3.00 bits per heavy atom. The van der Waals surface area contributed by atoms with Crippen molar-refractivity contribution in [1.82, 2.24) is 19.5 Å². The second kappa shape index (κ2) is 6.69. The highest BCUT2D eigenvalue weighted by molar-refractivity contribution is 5.81. The minimum absolute atomic E-state index is 0.0346. The van der Waals surface area contributed by atoms with Crippen molar-refractivity contribution in [1.29, 1.82) is 0 Å². The molecule has 0 unspecified atom stereocenters. The Bertz CT molecular complexity index is 856. The number of aromatic amines is 1. The number of hydrogen-bond acceptors (Lipinski definition) is 6. The first kappa shape index (κ1) is 16.0. The maximum Gasteiger partial charge on any atom is 0.330 e. The lowest BCUT2D eigenvalue weighted by Gasteiger charge is -2.33. The molecule has 24 heavy (non-hydrogen) atoms. The van der Waals surface area contributed by atoms with Gasteiger partial charge in [-0.3, -0.25) is 24.3 Å². The molecule has 0 radical (unpaired) electrons. The second-order valence-corrected chi connectivity index (χ2v) is 5.76. The number of aromatic nitrogens is 3. The third-order valence-electron chi connectivity index (χ3n) is 4.21. The van der Waals surface area contributed by atoms with Crippen molar-refractivity contribution in [2.45, 2.75) is 25.3 Å². The fourth-order valence-corrected chi connectivity index (χ4v) is 2.84. The summed E-state index contributed by atoms with van der Waals surface area (Å²) in [5.41, 5.74) is -0.296. The van der Waals surface area contributed by atoms with Crippen molar-refractivity contribution in [2.24, 2.45) is 12.1 Å². The molecule has 1 atom stereocenters. The molecule has 2 aromatic heterocycles. The number of nitrogens with one attached hydrogen (secondary N) is 1. The molecular formula is C16H19N5O3. The summed E-state index contributed by atoms with van der Waals surface area (Å²) < 4.78 is 0.970. The molecule has 0 bridgehead atoms. The van der Waals surface area contributed by atoms with Gasteiger partial charge in [0.25, 0.3) is 5.56 Å². The monoisotopic (exact) mass is 329 g/mol. The van der Waals surface area contributed by atoms with Crippen LogP contribution in [0.4, 0.5) is 0 Å². The van der Waals surface area contributed by atoms with Gasteiger partial charge in [0, 0.05) is 26.0 Å². The quantitative estimate of drug-likeness (QED) is 0.808. The number of piperidine rings is 1. The average Bonchev–Trinajstić information content (AvgIpc) is 2.61. The number of aromatic hydroxyl groups is 1. The Kier molecular flexibility index (Phi) is 4.45. The summed E-state index contributed by atoms with van der Waals surface area (Å²) in [6, 6.07) is 3.97. The molecule has 0 aliphatic carbocycles. The first-order valence-corrected chi connectivity index (χ1v) is 7.80. The molecule has 2 aromatic rings. The molecule has 2 N–H and O–H groups in total. The number of pyridine rings is 1. The maximum atomic E-state index is 11.9. The van der Waals surface area contributed by atoms with Gasteiger partial charge in [-0.15, -0.1) is 0 Å². The summed E-state index contributed by atoms with van der Waals surface area (Å²) in [5.74, 6) is -0.401. The Balaban J connectivity index is 1.92. The van der Waals surface area contributed by atoms with Crippen molar-refractivity contribution in [3.63, 3.8) is 0 Å². The Labute approximate surface area is 138 Å². The summed E-state index contributed by atoms with van der Waals surface area (Å²) in [5, 5.41) is 16.3. The number of hydrazone groups is 1. The van der Waals surface area contributed by atoms with Crippen LogP contribution >= 0.6 is 0 Å². The van der Waals surface area contributed by atoms with E-state index in [-0.39, 0.29) is 11.6 Å². The summed E-state index contributed by atoms with van der Waals surface area (Å²) in [6.07, 6.45) is 7.89. The molecule has 8 nitrogen and oxygen atoms in total.